The van der Waals surface area contributed by atoms with Crippen LogP contribution in [0.1, 0.15) is 16.5 Å². The van der Waals surface area contributed by atoms with E-state index in [1.165, 1.54) is 16.9 Å². The maximum Gasteiger partial charge on any atom is 0.358 e. The maximum absolute atomic E-state index is 11.0. The number of aromatic nitrogens is 3. The third-order valence-electron chi connectivity index (χ3n) is 3.38. The molecule has 1 aliphatic heterocycles. The molecule has 1 aromatic carbocycles. The summed E-state index contributed by atoms with van der Waals surface area (Å²) in [5, 5.41) is 27.1. The van der Waals surface area contributed by atoms with Crippen LogP contribution in [0.3, 0.4) is 0 Å². The number of nitro benzene ring substituents is 1. The average Bonchev–Trinajstić information content (AvgIpc) is 2.87. The molecule has 0 atom stereocenters. The first kappa shape index (κ1) is 13.0. The zero-order chi connectivity index (χ0) is 15.0. The van der Waals surface area contributed by atoms with Gasteiger partial charge in [-0.3, -0.25) is 10.1 Å². The molecule has 0 unspecified atom stereocenters. The largest absolute Gasteiger partial charge is 0.476 e. The third-order valence-corrected chi connectivity index (χ3v) is 3.38. The van der Waals surface area contributed by atoms with Crippen molar-refractivity contribution in [2.24, 2.45) is 0 Å². The minimum absolute atomic E-state index is 0.0367. The van der Waals surface area contributed by atoms with Crippen LogP contribution in [0.25, 0.3) is 0 Å². The van der Waals surface area contributed by atoms with E-state index in [1.54, 1.807) is 18.2 Å². The summed E-state index contributed by atoms with van der Waals surface area (Å²) in [4.78, 5) is 23.2. The standard InChI is InChI=1S/C12H11N5O4/c18-12(19)9-7-16(14-13-9)8-5-15(6-8)10-3-1-2-4-11(10)17(20)21/h1-4,7-8H,5-6H2,(H,18,19). The number of carboxylic acids is 1. The molecule has 0 bridgehead atoms. The molecule has 0 radical (unpaired) electrons. The van der Waals surface area contributed by atoms with Crippen molar-refractivity contribution in [1.82, 2.24) is 15.0 Å². The number of benzene rings is 1. The van der Waals surface area contributed by atoms with Crippen LogP contribution < -0.4 is 4.90 Å². The second kappa shape index (κ2) is 4.85. The van der Waals surface area contributed by atoms with Crippen LogP contribution >= 0.6 is 0 Å². The molecule has 1 saturated heterocycles. The van der Waals surface area contributed by atoms with E-state index in [9.17, 15) is 14.9 Å². The Balaban J connectivity index is 1.73. The lowest BCUT2D eigenvalue weighted by atomic mass is 10.1. The Labute approximate surface area is 118 Å². The minimum atomic E-state index is -1.13. The number of rotatable bonds is 4. The van der Waals surface area contributed by atoms with Crippen molar-refractivity contribution >= 4 is 17.3 Å². The Bertz CT molecular complexity index is 707. The van der Waals surface area contributed by atoms with Crippen molar-refractivity contribution in [2.75, 3.05) is 18.0 Å². The summed E-state index contributed by atoms with van der Waals surface area (Å²) in [6.07, 6.45) is 1.36. The van der Waals surface area contributed by atoms with Crippen molar-refractivity contribution in [2.45, 2.75) is 6.04 Å². The SMILES string of the molecule is O=C(O)c1cn(C2CN(c3ccccc3[N+](=O)[O-])C2)nn1. The minimum Gasteiger partial charge on any atom is -0.476 e. The molecule has 9 heteroatoms. The topological polar surface area (TPSA) is 114 Å². The predicted molar refractivity (Wildman–Crippen MR) is 71.3 cm³/mol. The van der Waals surface area contributed by atoms with Gasteiger partial charge in [0, 0.05) is 19.2 Å². The Morgan fingerprint density at radius 3 is 2.71 bits per heavy atom. The molecule has 1 N–H and O–H groups in total. The number of hydrogen-bond acceptors (Lipinski definition) is 6. The van der Waals surface area contributed by atoms with E-state index in [-0.39, 0.29) is 17.4 Å². The van der Waals surface area contributed by atoms with Crippen molar-refractivity contribution in [3.8, 4) is 0 Å². The van der Waals surface area contributed by atoms with Gasteiger partial charge in [-0.15, -0.1) is 5.10 Å². The molecule has 108 valence electrons. The van der Waals surface area contributed by atoms with E-state index in [2.05, 4.69) is 10.3 Å². The van der Waals surface area contributed by atoms with Gasteiger partial charge in [-0.25, -0.2) is 9.48 Å². The van der Waals surface area contributed by atoms with Crippen LogP contribution in [0.2, 0.25) is 0 Å². The summed E-state index contributed by atoms with van der Waals surface area (Å²) in [5.74, 6) is -1.13. The van der Waals surface area contributed by atoms with Gasteiger partial charge in [0.05, 0.1) is 17.2 Å². The Hall–Kier alpha value is -2.97. The number of nitrogens with zero attached hydrogens (tertiary/aromatic N) is 5. The van der Waals surface area contributed by atoms with E-state index in [0.29, 0.717) is 18.8 Å². The summed E-state index contributed by atoms with van der Waals surface area (Å²) < 4.78 is 1.48. The van der Waals surface area contributed by atoms with E-state index in [4.69, 9.17) is 5.11 Å². The number of carbonyl (C=O) groups is 1. The van der Waals surface area contributed by atoms with Crippen LogP contribution in [0.5, 0.6) is 0 Å². The number of anilines is 1. The van der Waals surface area contributed by atoms with Gasteiger partial charge in [0.25, 0.3) is 5.69 Å². The molecular formula is C12H11N5O4. The van der Waals surface area contributed by atoms with E-state index in [0.717, 1.165) is 0 Å². The maximum atomic E-state index is 11.0. The van der Waals surface area contributed by atoms with Crippen molar-refractivity contribution in [3.05, 3.63) is 46.3 Å². The van der Waals surface area contributed by atoms with Gasteiger partial charge in [-0.2, -0.15) is 0 Å². The molecule has 9 nitrogen and oxygen atoms in total. The average molecular weight is 289 g/mol. The predicted octanol–water partition coefficient (Wildman–Crippen LogP) is 0.946. The van der Waals surface area contributed by atoms with Crippen LogP contribution in [0.4, 0.5) is 11.4 Å². The zero-order valence-corrected chi connectivity index (χ0v) is 10.8. The monoisotopic (exact) mass is 289 g/mol. The first-order chi connectivity index (χ1) is 10.1. The fourth-order valence-electron chi connectivity index (χ4n) is 2.26. The number of nitro groups is 1. The van der Waals surface area contributed by atoms with Crippen molar-refractivity contribution in [3.63, 3.8) is 0 Å². The smallest absolute Gasteiger partial charge is 0.358 e. The molecule has 2 heterocycles. The molecule has 1 aliphatic rings. The summed E-state index contributed by atoms with van der Waals surface area (Å²) in [7, 11) is 0. The van der Waals surface area contributed by atoms with Crippen molar-refractivity contribution in [1.29, 1.82) is 0 Å². The highest BCUT2D eigenvalue weighted by molar-refractivity contribution is 5.84. The Morgan fingerprint density at radius 2 is 2.10 bits per heavy atom. The number of para-hydroxylation sites is 2. The van der Waals surface area contributed by atoms with Gasteiger partial charge < -0.3 is 10.0 Å². The molecule has 0 saturated carbocycles. The molecule has 0 spiro atoms. The second-order valence-electron chi connectivity index (χ2n) is 4.69. The molecule has 1 fully saturated rings. The third kappa shape index (κ3) is 2.29. The molecule has 2 aromatic rings. The highest BCUT2D eigenvalue weighted by Crippen LogP contribution is 2.34. The van der Waals surface area contributed by atoms with E-state index < -0.39 is 10.9 Å². The number of hydrogen-bond donors (Lipinski definition) is 1. The lowest BCUT2D eigenvalue weighted by molar-refractivity contribution is -0.384. The van der Waals surface area contributed by atoms with Crippen LogP contribution in [0.15, 0.2) is 30.5 Å². The summed E-state index contributed by atoms with van der Waals surface area (Å²) in [5.41, 5.74) is 0.497. The first-order valence-corrected chi connectivity index (χ1v) is 6.20. The lowest BCUT2D eigenvalue weighted by Crippen LogP contribution is -2.48. The van der Waals surface area contributed by atoms with Gasteiger partial charge in [-0.1, -0.05) is 17.3 Å². The molecule has 21 heavy (non-hydrogen) atoms. The summed E-state index contributed by atoms with van der Waals surface area (Å²) >= 11 is 0. The molecule has 0 aliphatic carbocycles. The summed E-state index contributed by atoms with van der Waals surface area (Å²) in [6.45, 7) is 1.04. The normalized spacial score (nSPS) is 14.8. The van der Waals surface area contributed by atoms with Gasteiger partial charge >= 0.3 is 5.97 Å². The summed E-state index contributed by atoms with van der Waals surface area (Å²) in [6, 6.07) is 6.48. The molecule has 1 aromatic heterocycles. The fourth-order valence-corrected chi connectivity index (χ4v) is 2.26. The van der Waals surface area contributed by atoms with E-state index >= 15 is 0 Å². The van der Waals surface area contributed by atoms with Crippen LogP contribution in [-0.2, 0) is 0 Å². The molecular weight excluding hydrogens is 278 g/mol. The highest BCUT2D eigenvalue weighted by Gasteiger charge is 2.33. The highest BCUT2D eigenvalue weighted by atomic mass is 16.6. The van der Waals surface area contributed by atoms with E-state index in [1.807, 2.05) is 4.90 Å². The lowest BCUT2D eigenvalue weighted by Gasteiger charge is -2.40. The molecule has 0 amide bonds. The van der Waals surface area contributed by atoms with Crippen molar-refractivity contribution < 1.29 is 14.8 Å². The number of aromatic carboxylic acids is 1. The van der Waals surface area contributed by atoms with Gasteiger partial charge in [0.15, 0.2) is 5.69 Å². The Kier molecular flexibility index (Phi) is 3.01. The zero-order valence-electron chi connectivity index (χ0n) is 10.8. The van der Waals surface area contributed by atoms with Crippen LogP contribution in [-0.4, -0.2) is 44.1 Å². The van der Waals surface area contributed by atoms with Gasteiger partial charge in [0.1, 0.15) is 5.69 Å². The van der Waals surface area contributed by atoms with Crippen LogP contribution in [0, 0.1) is 10.1 Å². The van der Waals surface area contributed by atoms with Gasteiger partial charge in [0.2, 0.25) is 0 Å². The molecule has 3 rings (SSSR count). The second-order valence-corrected chi connectivity index (χ2v) is 4.69. The number of carboxylic acid groups (broad SMARTS) is 1. The van der Waals surface area contributed by atoms with Gasteiger partial charge in [-0.05, 0) is 6.07 Å². The Morgan fingerprint density at radius 1 is 1.38 bits per heavy atom. The fraction of sp³-hybridized carbons (Fsp3) is 0.250. The quantitative estimate of drug-likeness (QED) is 0.658. The first-order valence-electron chi connectivity index (χ1n) is 6.20.